The highest BCUT2D eigenvalue weighted by Crippen LogP contribution is 2.46. The highest BCUT2D eigenvalue weighted by Gasteiger charge is 2.48. The number of esters is 1. The standard InChI is InChI=1S/C30H32FN3O3/c1-29(2,32-3)24-12-11-20(16-25(24)31)13-14-30(21-8-4-5-9-21)18-26(35)23(28(36)37-30)17-22-19-34-15-7-6-10-27(34)33-22/h6-7,10-12,15-16,19,21,35H,4-5,8-9,13-14,17-18H2,1-2H3. The van der Waals surface area contributed by atoms with Crippen LogP contribution in [0.25, 0.3) is 10.5 Å². The van der Waals surface area contributed by atoms with Gasteiger partial charge in [0.15, 0.2) is 0 Å². The van der Waals surface area contributed by atoms with Gasteiger partial charge in [-0.05, 0) is 61.4 Å². The first-order valence-electron chi connectivity index (χ1n) is 13.0. The second kappa shape index (κ2) is 9.66. The number of aromatic nitrogens is 2. The number of pyridine rings is 1. The molecule has 1 atom stereocenters. The molecule has 7 heteroatoms. The van der Waals surface area contributed by atoms with Crippen molar-refractivity contribution >= 4 is 11.6 Å². The average Bonchev–Trinajstić information content (AvgIpc) is 3.55. The Hall–Kier alpha value is -3.66. The quantitative estimate of drug-likeness (QED) is 0.297. The monoisotopic (exact) mass is 501 g/mol. The van der Waals surface area contributed by atoms with Crippen LogP contribution >= 0.6 is 0 Å². The summed E-state index contributed by atoms with van der Waals surface area (Å²) >= 11 is 0. The average molecular weight is 502 g/mol. The van der Waals surface area contributed by atoms with Crippen molar-refractivity contribution < 1.29 is 19.0 Å². The first-order valence-corrected chi connectivity index (χ1v) is 13.0. The van der Waals surface area contributed by atoms with Crippen molar-refractivity contribution in [3.05, 3.63) is 94.2 Å². The Kier molecular flexibility index (Phi) is 6.53. The summed E-state index contributed by atoms with van der Waals surface area (Å²) in [4.78, 5) is 21.4. The molecule has 3 heterocycles. The molecule has 1 aromatic carbocycles. The highest BCUT2D eigenvalue weighted by molar-refractivity contribution is 5.90. The Morgan fingerprint density at radius 1 is 1.27 bits per heavy atom. The van der Waals surface area contributed by atoms with Gasteiger partial charge in [-0.3, -0.25) is 0 Å². The molecule has 0 amide bonds. The molecule has 1 aliphatic carbocycles. The van der Waals surface area contributed by atoms with E-state index in [-0.39, 0.29) is 30.1 Å². The maximum Gasteiger partial charge on any atom is 0.338 e. The van der Waals surface area contributed by atoms with Crippen LogP contribution in [-0.2, 0) is 27.9 Å². The Labute approximate surface area is 216 Å². The van der Waals surface area contributed by atoms with Gasteiger partial charge >= 0.3 is 5.97 Å². The van der Waals surface area contributed by atoms with E-state index in [2.05, 4.69) is 9.83 Å². The van der Waals surface area contributed by atoms with E-state index in [4.69, 9.17) is 11.3 Å². The second-order valence-electron chi connectivity index (χ2n) is 10.9. The lowest BCUT2D eigenvalue weighted by Gasteiger charge is -2.42. The summed E-state index contributed by atoms with van der Waals surface area (Å²) in [5, 5.41) is 11.1. The fraction of sp³-hybridized carbons (Fsp3) is 0.433. The number of rotatable bonds is 7. The number of imidazole rings is 1. The van der Waals surface area contributed by atoms with Crippen LogP contribution in [0.5, 0.6) is 0 Å². The zero-order valence-electron chi connectivity index (χ0n) is 21.3. The molecule has 0 saturated heterocycles. The van der Waals surface area contributed by atoms with E-state index < -0.39 is 22.9 Å². The van der Waals surface area contributed by atoms with Crippen molar-refractivity contribution in [3.8, 4) is 0 Å². The van der Waals surface area contributed by atoms with E-state index in [1.54, 1.807) is 19.9 Å². The molecule has 2 aromatic heterocycles. The molecule has 3 aromatic rings. The number of hydrogen-bond acceptors (Lipinski definition) is 4. The molecule has 37 heavy (non-hydrogen) atoms. The number of aliphatic hydroxyl groups is 1. The van der Waals surface area contributed by atoms with E-state index in [0.29, 0.717) is 24.1 Å². The second-order valence-corrected chi connectivity index (χ2v) is 10.9. The molecule has 0 bridgehead atoms. The summed E-state index contributed by atoms with van der Waals surface area (Å²) in [6.07, 6.45) is 9.24. The number of benzene rings is 1. The van der Waals surface area contributed by atoms with Crippen molar-refractivity contribution in [1.82, 2.24) is 9.38 Å². The molecule has 1 N–H and O–H groups in total. The number of ether oxygens (including phenoxy) is 1. The van der Waals surface area contributed by atoms with Gasteiger partial charge < -0.3 is 19.1 Å². The Morgan fingerprint density at radius 3 is 2.73 bits per heavy atom. The highest BCUT2D eigenvalue weighted by atomic mass is 19.1. The molecular formula is C30H32FN3O3. The van der Waals surface area contributed by atoms with Crippen LogP contribution in [0.15, 0.2) is 60.1 Å². The molecule has 5 rings (SSSR count). The molecular weight excluding hydrogens is 469 g/mol. The van der Waals surface area contributed by atoms with Gasteiger partial charge in [-0.2, -0.15) is 0 Å². The van der Waals surface area contributed by atoms with Gasteiger partial charge in [0, 0.05) is 39.1 Å². The third-order valence-electron chi connectivity index (χ3n) is 8.04. The molecule has 6 nitrogen and oxygen atoms in total. The van der Waals surface area contributed by atoms with E-state index in [0.717, 1.165) is 36.9 Å². The number of aliphatic hydroxyl groups excluding tert-OH is 1. The van der Waals surface area contributed by atoms with Gasteiger partial charge in [0.2, 0.25) is 0 Å². The van der Waals surface area contributed by atoms with Crippen LogP contribution in [0.3, 0.4) is 0 Å². The maximum atomic E-state index is 14.9. The number of aryl methyl sites for hydroxylation is 1. The van der Waals surface area contributed by atoms with E-state index in [1.165, 1.54) is 6.07 Å². The van der Waals surface area contributed by atoms with Crippen molar-refractivity contribution in [2.45, 2.75) is 76.4 Å². The number of cyclic esters (lactones) is 1. The number of nitrogens with zero attached hydrogens (tertiary/aromatic N) is 3. The Balaban J connectivity index is 1.38. The van der Waals surface area contributed by atoms with E-state index in [9.17, 15) is 14.3 Å². The molecule has 2 aliphatic rings. The lowest BCUT2D eigenvalue weighted by molar-refractivity contribution is -0.167. The van der Waals surface area contributed by atoms with Crippen LogP contribution in [0.4, 0.5) is 4.39 Å². The molecule has 0 radical (unpaired) electrons. The predicted octanol–water partition coefficient (Wildman–Crippen LogP) is 6.49. The summed E-state index contributed by atoms with van der Waals surface area (Å²) in [7, 11) is 0. The SMILES string of the molecule is [C-]#[N+]C(C)(C)c1ccc(CCC2(C3CCCC3)CC(O)=C(Cc3cn4ccccc4n3)C(=O)O2)cc1F. The molecule has 0 spiro atoms. The summed E-state index contributed by atoms with van der Waals surface area (Å²) < 4.78 is 23.0. The third kappa shape index (κ3) is 4.85. The van der Waals surface area contributed by atoms with Crippen LogP contribution < -0.4 is 0 Å². The lowest BCUT2D eigenvalue weighted by Crippen LogP contribution is -2.46. The van der Waals surface area contributed by atoms with Crippen LogP contribution in [0.2, 0.25) is 0 Å². The fourth-order valence-electron chi connectivity index (χ4n) is 5.87. The topological polar surface area (TPSA) is 68.2 Å². The molecule has 1 aliphatic heterocycles. The molecule has 192 valence electrons. The first-order chi connectivity index (χ1) is 17.7. The van der Waals surface area contributed by atoms with Crippen molar-refractivity contribution in [3.63, 3.8) is 0 Å². The fourth-order valence-corrected chi connectivity index (χ4v) is 5.87. The molecule has 1 fully saturated rings. The minimum absolute atomic E-state index is 0.0699. The predicted molar refractivity (Wildman–Crippen MR) is 138 cm³/mol. The number of halogens is 1. The van der Waals surface area contributed by atoms with Crippen molar-refractivity contribution in [2.75, 3.05) is 0 Å². The van der Waals surface area contributed by atoms with E-state index >= 15 is 0 Å². The van der Waals surface area contributed by atoms with Gasteiger partial charge in [-0.15, -0.1) is 0 Å². The van der Waals surface area contributed by atoms with Gasteiger partial charge in [-0.1, -0.05) is 25.0 Å². The van der Waals surface area contributed by atoms with E-state index in [1.807, 2.05) is 41.1 Å². The zero-order valence-corrected chi connectivity index (χ0v) is 21.3. The summed E-state index contributed by atoms with van der Waals surface area (Å²) in [5.41, 5.74) is 1.14. The van der Waals surface area contributed by atoms with Crippen LogP contribution in [0, 0.1) is 18.3 Å². The van der Waals surface area contributed by atoms with Crippen LogP contribution in [-0.4, -0.2) is 26.1 Å². The minimum Gasteiger partial charge on any atom is -0.512 e. The number of carbonyl (C=O) groups excluding carboxylic acids is 1. The summed E-state index contributed by atoms with van der Waals surface area (Å²) in [5.74, 6) is -0.666. The van der Waals surface area contributed by atoms with Gasteiger partial charge in [-0.25, -0.2) is 20.7 Å². The normalized spacial score (nSPS) is 20.9. The maximum absolute atomic E-state index is 14.9. The molecule has 1 saturated carbocycles. The number of hydrogen-bond donors (Lipinski definition) is 1. The molecule has 1 unspecified atom stereocenters. The third-order valence-corrected chi connectivity index (χ3v) is 8.04. The van der Waals surface area contributed by atoms with Gasteiger partial charge in [0.1, 0.15) is 22.8 Å². The smallest absolute Gasteiger partial charge is 0.338 e. The van der Waals surface area contributed by atoms with Crippen LogP contribution in [0.1, 0.15) is 69.2 Å². The zero-order chi connectivity index (χ0) is 26.2. The Bertz CT molecular complexity index is 1380. The minimum atomic E-state index is -0.930. The largest absolute Gasteiger partial charge is 0.512 e. The Morgan fingerprint density at radius 2 is 2.05 bits per heavy atom. The van der Waals surface area contributed by atoms with Crippen molar-refractivity contribution in [1.29, 1.82) is 0 Å². The van der Waals surface area contributed by atoms with Gasteiger partial charge in [0.05, 0.1) is 16.8 Å². The lowest BCUT2D eigenvalue weighted by atomic mass is 9.76. The van der Waals surface area contributed by atoms with Gasteiger partial charge in [0.25, 0.3) is 5.54 Å². The summed E-state index contributed by atoms with van der Waals surface area (Å²) in [6, 6.07) is 10.7. The summed E-state index contributed by atoms with van der Waals surface area (Å²) in [6.45, 7) is 10.8. The number of fused-ring (bicyclic) bond motifs is 1. The van der Waals surface area contributed by atoms with Crippen molar-refractivity contribution in [2.24, 2.45) is 5.92 Å². The first kappa shape index (κ1) is 25.0. The number of carbonyl (C=O) groups is 1.